The fourth-order valence-corrected chi connectivity index (χ4v) is 1.83. The summed E-state index contributed by atoms with van der Waals surface area (Å²) >= 11 is 0. The predicted octanol–water partition coefficient (Wildman–Crippen LogP) is 2.11. The van der Waals surface area contributed by atoms with Crippen LogP contribution in [0.2, 0.25) is 0 Å². The van der Waals surface area contributed by atoms with Crippen LogP contribution in [0.4, 0.5) is 4.79 Å². The second-order valence-electron chi connectivity index (χ2n) is 4.35. The number of hydroxylamine groups is 2. The van der Waals surface area contributed by atoms with Crippen molar-refractivity contribution >= 4 is 12.1 Å². The second-order valence-corrected chi connectivity index (χ2v) is 4.35. The molecule has 1 aromatic carbocycles. The Labute approximate surface area is 100 Å². The third-order valence-electron chi connectivity index (χ3n) is 2.97. The summed E-state index contributed by atoms with van der Waals surface area (Å²) in [5.41, 5.74) is 6.10. The lowest BCUT2D eigenvalue weighted by Gasteiger charge is -2.10. The highest BCUT2D eigenvalue weighted by Gasteiger charge is 2.36. The minimum atomic E-state index is -0.789. The first-order chi connectivity index (χ1) is 8.16. The number of nitrogens with two attached hydrogens (primary N) is 1. The number of hydrogen-bond acceptors (Lipinski definition) is 2. The van der Waals surface area contributed by atoms with E-state index in [1.54, 1.807) is 0 Å². The van der Waals surface area contributed by atoms with Crippen molar-refractivity contribution in [3.05, 3.63) is 42.0 Å². The van der Waals surface area contributed by atoms with Gasteiger partial charge in [0.05, 0.1) is 6.54 Å². The third-order valence-corrected chi connectivity index (χ3v) is 2.97. The molecule has 0 saturated heterocycles. The van der Waals surface area contributed by atoms with Gasteiger partial charge >= 0.3 is 6.03 Å². The van der Waals surface area contributed by atoms with Crippen molar-refractivity contribution < 1.29 is 10.0 Å². The van der Waals surface area contributed by atoms with Gasteiger partial charge in [0.1, 0.15) is 0 Å². The largest absolute Gasteiger partial charge is 0.350 e. The summed E-state index contributed by atoms with van der Waals surface area (Å²) in [5, 5.41) is 9.76. The standard InChI is InChI=1S/C13H16N2O2/c14-13(16)15(17)9-12-8-11(12)7-6-10-4-2-1-3-5-10/h1-7,11-12,17H,8-9H2,(H2,14,16)/b7-6+/t11-,12+/m0/s1. The summed E-state index contributed by atoms with van der Waals surface area (Å²) in [6.07, 6.45) is 5.18. The Bertz CT molecular complexity index is 417. The fraction of sp³-hybridized carbons (Fsp3) is 0.308. The van der Waals surface area contributed by atoms with E-state index in [0.29, 0.717) is 23.4 Å². The Morgan fingerprint density at radius 1 is 1.47 bits per heavy atom. The first kappa shape index (κ1) is 11.7. The number of urea groups is 1. The van der Waals surface area contributed by atoms with E-state index in [4.69, 9.17) is 5.73 Å². The van der Waals surface area contributed by atoms with Gasteiger partial charge in [0.25, 0.3) is 0 Å². The monoisotopic (exact) mass is 232 g/mol. The first-order valence-electron chi connectivity index (χ1n) is 5.66. The third kappa shape index (κ3) is 3.32. The molecule has 0 aromatic heterocycles. The van der Waals surface area contributed by atoms with Crippen LogP contribution in [-0.2, 0) is 0 Å². The van der Waals surface area contributed by atoms with Gasteiger partial charge in [-0.1, -0.05) is 42.5 Å². The van der Waals surface area contributed by atoms with E-state index in [9.17, 15) is 10.0 Å². The van der Waals surface area contributed by atoms with Crippen molar-refractivity contribution in [3.8, 4) is 0 Å². The molecule has 1 fully saturated rings. The maximum atomic E-state index is 10.6. The molecule has 17 heavy (non-hydrogen) atoms. The fourth-order valence-electron chi connectivity index (χ4n) is 1.83. The van der Waals surface area contributed by atoms with Crippen molar-refractivity contribution in [2.24, 2.45) is 17.6 Å². The number of primary amides is 1. The van der Waals surface area contributed by atoms with Gasteiger partial charge in [-0.2, -0.15) is 0 Å². The van der Waals surface area contributed by atoms with Crippen LogP contribution < -0.4 is 5.73 Å². The Kier molecular flexibility index (Phi) is 3.44. The maximum absolute atomic E-state index is 10.6. The molecule has 0 heterocycles. The summed E-state index contributed by atoms with van der Waals surface area (Å²) < 4.78 is 0. The Balaban J connectivity index is 1.80. The lowest BCUT2D eigenvalue weighted by Crippen LogP contribution is -2.34. The van der Waals surface area contributed by atoms with E-state index in [1.807, 2.05) is 30.3 Å². The molecule has 0 bridgehead atoms. The zero-order valence-corrected chi connectivity index (χ0v) is 9.49. The van der Waals surface area contributed by atoms with Crippen molar-refractivity contribution in [1.82, 2.24) is 5.06 Å². The second kappa shape index (κ2) is 5.01. The number of rotatable bonds is 4. The Morgan fingerprint density at radius 3 is 2.82 bits per heavy atom. The van der Waals surface area contributed by atoms with E-state index in [0.717, 1.165) is 12.0 Å². The molecule has 1 saturated carbocycles. The van der Waals surface area contributed by atoms with Gasteiger partial charge in [0, 0.05) is 0 Å². The Hall–Kier alpha value is -1.81. The highest BCUT2D eigenvalue weighted by atomic mass is 16.5. The van der Waals surface area contributed by atoms with Gasteiger partial charge in [0.2, 0.25) is 0 Å². The van der Waals surface area contributed by atoms with Crippen LogP contribution >= 0.6 is 0 Å². The molecule has 2 atom stereocenters. The van der Waals surface area contributed by atoms with Gasteiger partial charge in [-0.15, -0.1) is 0 Å². The molecule has 1 aromatic rings. The molecule has 90 valence electrons. The zero-order chi connectivity index (χ0) is 12.3. The molecule has 2 amide bonds. The normalized spacial score (nSPS) is 22.6. The van der Waals surface area contributed by atoms with Gasteiger partial charge in [0.15, 0.2) is 0 Å². The van der Waals surface area contributed by atoms with Crippen LogP contribution in [0.15, 0.2) is 36.4 Å². The van der Waals surface area contributed by atoms with E-state index in [1.165, 1.54) is 0 Å². The highest BCUT2D eigenvalue weighted by molar-refractivity contribution is 5.70. The summed E-state index contributed by atoms with van der Waals surface area (Å²) in [4.78, 5) is 10.6. The van der Waals surface area contributed by atoms with E-state index >= 15 is 0 Å². The zero-order valence-electron chi connectivity index (χ0n) is 9.49. The SMILES string of the molecule is NC(=O)N(O)C[C@H]1C[C@@H]1/C=C/c1ccccc1. The predicted molar refractivity (Wildman–Crippen MR) is 65.1 cm³/mol. The van der Waals surface area contributed by atoms with Gasteiger partial charge in [-0.25, -0.2) is 9.86 Å². The Morgan fingerprint density at radius 2 is 2.18 bits per heavy atom. The molecule has 0 radical (unpaired) electrons. The molecular weight excluding hydrogens is 216 g/mol. The molecule has 0 aliphatic heterocycles. The molecule has 2 rings (SSSR count). The van der Waals surface area contributed by atoms with Gasteiger partial charge in [-0.3, -0.25) is 5.21 Å². The molecule has 3 N–H and O–H groups in total. The lowest BCUT2D eigenvalue weighted by atomic mass is 10.2. The summed E-state index contributed by atoms with van der Waals surface area (Å²) in [6, 6.07) is 9.25. The minimum Gasteiger partial charge on any atom is -0.350 e. The summed E-state index contributed by atoms with van der Waals surface area (Å²) in [7, 11) is 0. The van der Waals surface area contributed by atoms with Crippen LogP contribution in [0.1, 0.15) is 12.0 Å². The minimum absolute atomic E-state index is 0.319. The maximum Gasteiger partial charge on any atom is 0.338 e. The molecule has 0 spiro atoms. The lowest BCUT2D eigenvalue weighted by molar-refractivity contribution is -0.0434. The molecule has 1 aliphatic carbocycles. The summed E-state index contributed by atoms with van der Waals surface area (Å²) in [5.74, 6) is 0.761. The average Bonchev–Trinajstić information content (AvgIpc) is 3.06. The first-order valence-corrected chi connectivity index (χ1v) is 5.66. The van der Waals surface area contributed by atoms with Crippen molar-refractivity contribution in [2.45, 2.75) is 6.42 Å². The number of benzene rings is 1. The van der Waals surface area contributed by atoms with Crippen LogP contribution in [-0.4, -0.2) is 22.8 Å². The molecule has 4 heteroatoms. The van der Waals surface area contributed by atoms with Crippen LogP contribution in [0, 0.1) is 11.8 Å². The van der Waals surface area contributed by atoms with Gasteiger partial charge in [-0.05, 0) is 23.8 Å². The molecular formula is C13H16N2O2. The molecule has 1 aliphatic rings. The van der Waals surface area contributed by atoms with Crippen molar-refractivity contribution in [1.29, 1.82) is 0 Å². The highest BCUT2D eigenvalue weighted by Crippen LogP contribution is 2.40. The number of allylic oxidation sites excluding steroid dienone is 1. The number of carbonyl (C=O) groups is 1. The van der Waals surface area contributed by atoms with Crippen LogP contribution in [0.25, 0.3) is 6.08 Å². The summed E-state index contributed by atoms with van der Waals surface area (Å²) in [6.45, 7) is 0.319. The van der Waals surface area contributed by atoms with Crippen molar-refractivity contribution in [3.63, 3.8) is 0 Å². The average molecular weight is 232 g/mol. The van der Waals surface area contributed by atoms with E-state index in [2.05, 4.69) is 12.2 Å². The number of nitrogens with zero attached hydrogens (tertiary/aromatic N) is 1. The number of hydrogen-bond donors (Lipinski definition) is 2. The number of carbonyl (C=O) groups excluding carboxylic acids is 1. The topological polar surface area (TPSA) is 66.6 Å². The van der Waals surface area contributed by atoms with E-state index < -0.39 is 6.03 Å². The van der Waals surface area contributed by atoms with Crippen LogP contribution in [0.5, 0.6) is 0 Å². The van der Waals surface area contributed by atoms with E-state index in [-0.39, 0.29) is 0 Å². The quantitative estimate of drug-likeness (QED) is 0.616. The molecule has 0 unspecified atom stereocenters. The smallest absolute Gasteiger partial charge is 0.338 e. The number of amides is 2. The van der Waals surface area contributed by atoms with Crippen molar-refractivity contribution in [2.75, 3.05) is 6.54 Å². The molecule has 4 nitrogen and oxygen atoms in total. The van der Waals surface area contributed by atoms with Gasteiger partial charge < -0.3 is 5.73 Å². The van der Waals surface area contributed by atoms with Crippen LogP contribution in [0.3, 0.4) is 0 Å².